The third-order valence-corrected chi connectivity index (χ3v) is 6.12. The molecule has 9 heteroatoms. The number of ether oxygens (including phenoxy) is 2. The summed E-state index contributed by atoms with van der Waals surface area (Å²) in [4.78, 5) is 40.2. The molecule has 2 aliphatic heterocycles. The van der Waals surface area contributed by atoms with Crippen LogP contribution in [-0.4, -0.2) is 59.2 Å². The summed E-state index contributed by atoms with van der Waals surface area (Å²) >= 11 is 0. The van der Waals surface area contributed by atoms with Gasteiger partial charge < -0.3 is 9.47 Å². The first-order chi connectivity index (χ1) is 17.0. The molecule has 1 fully saturated rings. The van der Waals surface area contributed by atoms with Crippen molar-refractivity contribution in [2.75, 3.05) is 19.7 Å². The zero-order valence-electron chi connectivity index (χ0n) is 20.6. The summed E-state index contributed by atoms with van der Waals surface area (Å²) in [5.74, 6) is -0.776. The fraction of sp³-hybridized carbons (Fsp3) is 0.444. The zero-order valence-corrected chi connectivity index (χ0v) is 20.6. The van der Waals surface area contributed by atoms with Crippen molar-refractivity contribution in [2.45, 2.75) is 57.8 Å². The van der Waals surface area contributed by atoms with Crippen molar-refractivity contribution in [3.8, 4) is 5.75 Å². The normalized spacial score (nSPS) is 19.6. The van der Waals surface area contributed by atoms with E-state index in [1.54, 1.807) is 45.0 Å². The quantitative estimate of drug-likeness (QED) is 0.381. The van der Waals surface area contributed by atoms with E-state index in [2.05, 4.69) is 0 Å². The van der Waals surface area contributed by atoms with E-state index in [0.717, 1.165) is 0 Å². The average Bonchev–Trinajstić information content (AvgIpc) is 3.32. The molecular weight excluding hydrogens is 470 g/mol. The Morgan fingerprint density at radius 3 is 2.36 bits per heavy atom. The Bertz CT molecular complexity index is 1130. The molecule has 2 heterocycles. The van der Waals surface area contributed by atoms with Crippen LogP contribution in [0.15, 0.2) is 42.5 Å². The molecule has 0 saturated carbocycles. The second-order valence-electron chi connectivity index (χ2n) is 10.0. The summed E-state index contributed by atoms with van der Waals surface area (Å²) in [6, 6.07) is 9.97. The van der Waals surface area contributed by atoms with E-state index in [1.165, 1.54) is 28.0 Å². The van der Waals surface area contributed by atoms with Gasteiger partial charge in [0.2, 0.25) is 0 Å². The number of benzene rings is 2. The van der Waals surface area contributed by atoms with Crippen molar-refractivity contribution in [1.82, 2.24) is 9.80 Å². The van der Waals surface area contributed by atoms with Crippen molar-refractivity contribution in [3.63, 3.8) is 0 Å². The van der Waals surface area contributed by atoms with Gasteiger partial charge in [-0.1, -0.05) is 12.1 Å². The van der Waals surface area contributed by atoms with E-state index in [-0.39, 0.29) is 37.9 Å². The fourth-order valence-electron chi connectivity index (χ4n) is 4.51. The molecule has 2 aliphatic rings. The molecule has 192 valence electrons. The van der Waals surface area contributed by atoms with E-state index < -0.39 is 29.7 Å². The van der Waals surface area contributed by atoms with Crippen LogP contribution in [0.3, 0.4) is 0 Å². The van der Waals surface area contributed by atoms with Crippen molar-refractivity contribution in [3.05, 3.63) is 65.0 Å². The third-order valence-electron chi connectivity index (χ3n) is 6.12. The number of alkyl halides is 1. The molecule has 0 radical (unpaired) electrons. The molecule has 3 amide bonds. The predicted octanol–water partition coefficient (Wildman–Crippen LogP) is 5.30. The Balaban J connectivity index is 1.37. The highest BCUT2D eigenvalue weighted by Gasteiger charge is 2.40. The van der Waals surface area contributed by atoms with Gasteiger partial charge in [-0.2, -0.15) is 0 Å². The second-order valence-corrected chi connectivity index (χ2v) is 10.0. The Hall–Kier alpha value is -3.49. The van der Waals surface area contributed by atoms with Crippen molar-refractivity contribution in [1.29, 1.82) is 0 Å². The molecule has 7 nitrogen and oxygen atoms in total. The van der Waals surface area contributed by atoms with Gasteiger partial charge in [-0.3, -0.25) is 19.4 Å². The first-order valence-electron chi connectivity index (χ1n) is 12.1. The maximum absolute atomic E-state index is 14.4. The number of imide groups is 1. The van der Waals surface area contributed by atoms with Crippen molar-refractivity contribution >= 4 is 17.9 Å². The second kappa shape index (κ2) is 10.2. The molecule has 4 rings (SSSR count). The average molecular weight is 501 g/mol. The fourth-order valence-corrected chi connectivity index (χ4v) is 4.51. The minimum atomic E-state index is -1.27. The number of amides is 3. The topological polar surface area (TPSA) is 76.2 Å². The Morgan fingerprint density at radius 2 is 1.72 bits per heavy atom. The van der Waals surface area contributed by atoms with E-state index in [1.807, 2.05) is 0 Å². The van der Waals surface area contributed by atoms with Gasteiger partial charge in [0, 0.05) is 18.5 Å². The number of hydrogen-bond acceptors (Lipinski definition) is 5. The van der Waals surface area contributed by atoms with Gasteiger partial charge in [-0.25, -0.2) is 13.6 Å². The standard InChI is InChI=1S/C27H30F2N2O5/c1-27(2,3)36-26(34)31-16-18(29)15-22(31)21-14-17(28)10-11-23(21)35-13-7-6-12-30-24(32)19-8-4-5-9-20(19)25(30)33/h4-5,8-11,14,18,22H,6-7,12-13,15-16H2,1-3H3/t18-,22+/m0/s1. The lowest BCUT2D eigenvalue weighted by atomic mass is 10.0. The van der Waals surface area contributed by atoms with Gasteiger partial charge >= 0.3 is 6.09 Å². The highest BCUT2D eigenvalue weighted by atomic mass is 19.1. The lowest BCUT2D eigenvalue weighted by molar-refractivity contribution is 0.0214. The maximum atomic E-state index is 14.4. The van der Waals surface area contributed by atoms with E-state index in [4.69, 9.17) is 9.47 Å². The van der Waals surface area contributed by atoms with E-state index >= 15 is 0 Å². The number of fused-ring (bicyclic) bond motifs is 1. The number of carbonyl (C=O) groups is 3. The largest absolute Gasteiger partial charge is 0.493 e. The highest BCUT2D eigenvalue weighted by molar-refractivity contribution is 6.21. The molecule has 0 bridgehead atoms. The van der Waals surface area contributed by atoms with Crippen LogP contribution in [0.25, 0.3) is 0 Å². The minimum Gasteiger partial charge on any atom is -0.493 e. The molecule has 1 saturated heterocycles. The van der Waals surface area contributed by atoms with Gasteiger partial charge in [0.05, 0.1) is 30.3 Å². The molecule has 0 unspecified atom stereocenters. The number of rotatable bonds is 7. The Labute approximate surface area is 209 Å². The Morgan fingerprint density at radius 1 is 1.06 bits per heavy atom. The first-order valence-corrected chi connectivity index (χ1v) is 12.1. The number of hydrogen-bond donors (Lipinski definition) is 0. The summed E-state index contributed by atoms with van der Waals surface area (Å²) < 4.78 is 39.8. The van der Waals surface area contributed by atoms with Gasteiger partial charge in [0.1, 0.15) is 23.3 Å². The monoisotopic (exact) mass is 500 g/mol. The van der Waals surface area contributed by atoms with Crippen LogP contribution in [0.5, 0.6) is 5.75 Å². The molecule has 0 aromatic heterocycles. The van der Waals surface area contributed by atoms with Crippen LogP contribution in [0.4, 0.5) is 13.6 Å². The highest BCUT2D eigenvalue weighted by Crippen LogP contribution is 2.39. The summed E-state index contributed by atoms with van der Waals surface area (Å²) in [7, 11) is 0. The van der Waals surface area contributed by atoms with E-state index in [0.29, 0.717) is 35.3 Å². The summed E-state index contributed by atoms with van der Waals surface area (Å²) in [6.45, 7) is 5.52. The van der Waals surface area contributed by atoms with Crippen LogP contribution in [0.2, 0.25) is 0 Å². The van der Waals surface area contributed by atoms with Crippen molar-refractivity contribution in [2.24, 2.45) is 0 Å². The number of carbonyl (C=O) groups excluding carboxylic acids is 3. The molecule has 36 heavy (non-hydrogen) atoms. The molecule has 2 atom stereocenters. The van der Waals surface area contributed by atoms with Gasteiger partial charge in [-0.05, 0) is 63.9 Å². The smallest absolute Gasteiger partial charge is 0.410 e. The lowest BCUT2D eigenvalue weighted by Gasteiger charge is -2.29. The molecule has 2 aromatic carbocycles. The molecule has 0 aliphatic carbocycles. The van der Waals surface area contributed by atoms with Gasteiger partial charge in [0.15, 0.2) is 0 Å². The summed E-state index contributed by atoms with van der Waals surface area (Å²) in [5, 5.41) is 0. The first kappa shape index (κ1) is 25.6. The van der Waals surface area contributed by atoms with Gasteiger partial charge in [-0.15, -0.1) is 0 Å². The maximum Gasteiger partial charge on any atom is 0.410 e. The predicted molar refractivity (Wildman–Crippen MR) is 128 cm³/mol. The number of nitrogens with zero attached hydrogens (tertiary/aromatic N) is 2. The van der Waals surface area contributed by atoms with Gasteiger partial charge in [0.25, 0.3) is 11.8 Å². The van der Waals surface area contributed by atoms with Crippen molar-refractivity contribution < 1.29 is 32.6 Å². The summed E-state index contributed by atoms with van der Waals surface area (Å²) in [5.41, 5.74) is 0.442. The van der Waals surface area contributed by atoms with Crippen LogP contribution >= 0.6 is 0 Å². The molecule has 0 N–H and O–H groups in total. The molecular formula is C27H30F2N2O5. The zero-order chi connectivity index (χ0) is 26.0. The number of halogens is 2. The third kappa shape index (κ3) is 5.50. The number of unbranched alkanes of at least 4 members (excludes halogenated alkanes) is 1. The van der Waals surface area contributed by atoms with Crippen LogP contribution in [-0.2, 0) is 4.74 Å². The van der Waals surface area contributed by atoms with Crippen LogP contribution in [0, 0.1) is 5.82 Å². The molecule has 0 spiro atoms. The molecule has 2 aromatic rings. The van der Waals surface area contributed by atoms with Crippen LogP contribution < -0.4 is 4.74 Å². The number of likely N-dealkylation sites (tertiary alicyclic amines) is 1. The SMILES string of the molecule is CC(C)(C)OC(=O)N1C[C@@H](F)C[C@@H]1c1cc(F)ccc1OCCCCN1C(=O)c2ccccc2C1=O. The Kier molecular flexibility index (Phi) is 7.28. The van der Waals surface area contributed by atoms with Crippen LogP contribution in [0.1, 0.15) is 72.4 Å². The minimum absolute atomic E-state index is 0.0127. The van der Waals surface area contributed by atoms with E-state index in [9.17, 15) is 23.2 Å². The lowest BCUT2D eigenvalue weighted by Crippen LogP contribution is -2.37. The summed E-state index contributed by atoms with van der Waals surface area (Å²) in [6.07, 6.45) is -0.876.